The maximum atomic E-state index is 14.8. The van der Waals surface area contributed by atoms with Crippen LogP contribution in [0.5, 0.6) is 0 Å². The highest BCUT2D eigenvalue weighted by Gasteiger charge is 2.31. The molecule has 2 saturated heterocycles. The number of carbonyl (C=O) groups is 1. The highest BCUT2D eigenvalue weighted by Crippen LogP contribution is 2.28. The van der Waals surface area contributed by atoms with Crippen LogP contribution in [0.3, 0.4) is 0 Å². The van der Waals surface area contributed by atoms with Gasteiger partial charge in [0, 0.05) is 50.0 Å². The molecular weight excluding hydrogens is 390 g/mol. The molecule has 0 saturated carbocycles. The topological polar surface area (TPSA) is 61.6 Å². The van der Waals surface area contributed by atoms with Crippen molar-refractivity contribution in [2.24, 2.45) is 0 Å². The molecule has 2 fully saturated rings. The monoisotopic (exact) mass is 412 g/mol. The zero-order chi connectivity index (χ0) is 20.8. The first-order valence-corrected chi connectivity index (χ1v) is 10.1. The molecule has 2 aromatic carbocycles. The van der Waals surface area contributed by atoms with Gasteiger partial charge in [-0.05, 0) is 43.7 Å². The van der Waals surface area contributed by atoms with Crippen molar-refractivity contribution in [2.45, 2.75) is 25.8 Å². The molecule has 2 aliphatic rings. The molecule has 1 atom stereocenters. The number of piperazine rings is 1. The van der Waals surface area contributed by atoms with Gasteiger partial charge in [0.25, 0.3) is 5.91 Å². The van der Waals surface area contributed by atoms with E-state index in [1.165, 1.54) is 31.0 Å². The maximum Gasteiger partial charge on any atom is 0.258 e. The number of nitrogens with one attached hydrogen (secondary N) is 1. The molecule has 1 unspecified atom stereocenters. The zero-order valence-electron chi connectivity index (χ0n) is 16.6. The van der Waals surface area contributed by atoms with Gasteiger partial charge in [-0.25, -0.2) is 13.8 Å². The fourth-order valence-electron chi connectivity index (χ4n) is 4.48. The highest BCUT2D eigenvalue weighted by molar-refractivity contribution is 6.05. The summed E-state index contributed by atoms with van der Waals surface area (Å²) in [5.41, 5.74) is 1.20. The van der Waals surface area contributed by atoms with Crippen molar-refractivity contribution in [1.82, 2.24) is 9.88 Å². The van der Waals surface area contributed by atoms with Crippen LogP contribution < -0.4 is 10.2 Å². The van der Waals surface area contributed by atoms with Crippen LogP contribution in [0.25, 0.3) is 11.1 Å². The predicted octanol–water partition coefficient (Wildman–Crippen LogP) is 3.95. The van der Waals surface area contributed by atoms with Gasteiger partial charge in [-0.2, -0.15) is 0 Å². The first kappa shape index (κ1) is 19.0. The number of oxazole rings is 1. The Morgan fingerprint density at radius 2 is 2.03 bits per heavy atom. The van der Waals surface area contributed by atoms with E-state index in [0.29, 0.717) is 11.9 Å². The fraction of sp³-hybridized carbons (Fsp3) is 0.364. The number of hydrogen-bond donors (Lipinski definition) is 1. The molecule has 2 aliphatic heterocycles. The number of nitrogens with zero attached hydrogens (tertiary/aromatic N) is 3. The van der Waals surface area contributed by atoms with Gasteiger partial charge in [-0.15, -0.1) is 0 Å². The summed E-state index contributed by atoms with van der Waals surface area (Å²) in [6.07, 6.45) is 2.39. The van der Waals surface area contributed by atoms with Crippen molar-refractivity contribution >= 4 is 28.4 Å². The Bertz CT molecular complexity index is 1130. The quantitative estimate of drug-likeness (QED) is 0.706. The number of benzene rings is 2. The van der Waals surface area contributed by atoms with E-state index in [9.17, 15) is 13.6 Å². The van der Waals surface area contributed by atoms with Crippen molar-refractivity contribution in [1.29, 1.82) is 0 Å². The summed E-state index contributed by atoms with van der Waals surface area (Å²) >= 11 is 0. The van der Waals surface area contributed by atoms with E-state index in [1.807, 2.05) is 0 Å². The van der Waals surface area contributed by atoms with E-state index in [0.717, 1.165) is 37.9 Å². The van der Waals surface area contributed by atoms with E-state index in [-0.39, 0.29) is 22.4 Å². The maximum absolute atomic E-state index is 14.8. The number of aryl methyl sites for hydroxylation is 1. The molecular formula is C22H22F2N4O2. The van der Waals surface area contributed by atoms with Gasteiger partial charge in [0.2, 0.25) is 0 Å². The third-order valence-electron chi connectivity index (χ3n) is 5.96. The second kappa shape index (κ2) is 7.36. The summed E-state index contributed by atoms with van der Waals surface area (Å²) < 4.78 is 34.3. The fourth-order valence-corrected chi connectivity index (χ4v) is 4.48. The molecule has 3 heterocycles. The zero-order valence-corrected chi connectivity index (χ0v) is 16.6. The molecule has 0 spiro atoms. The Morgan fingerprint density at radius 3 is 2.87 bits per heavy atom. The number of aromatic nitrogens is 1. The molecule has 1 N–H and O–H groups in total. The number of amides is 1. The second-order valence-corrected chi connectivity index (χ2v) is 7.93. The molecule has 1 aromatic heterocycles. The number of carbonyl (C=O) groups excluding carboxylic acids is 1. The smallest absolute Gasteiger partial charge is 0.258 e. The van der Waals surface area contributed by atoms with Crippen LogP contribution in [0, 0.1) is 18.6 Å². The van der Waals surface area contributed by atoms with Crippen molar-refractivity contribution in [3.05, 3.63) is 53.4 Å². The van der Waals surface area contributed by atoms with Gasteiger partial charge in [-0.1, -0.05) is 0 Å². The van der Waals surface area contributed by atoms with Crippen LogP contribution in [0.2, 0.25) is 0 Å². The van der Waals surface area contributed by atoms with E-state index >= 15 is 0 Å². The lowest BCUT2D eigenvalue weighted by molar-refractivity contribution is 0.102. The molecule has 3 aromatic rings. The van der Waals surface area contributed by atoms with Crippen molar-refractivity contribution in [3.8, 4) is 0 Å². The Morgan fingerprint density at radius 1 is 1.17 bits per heavy atom. The van der Waals surface area contributed by atoms with Crippen LogP contribution in [0.1, 0.15) is 29.1 Å². The SMILES string of the molecule is Cc1nc2c(F)cc(NC(=O)c3ccc(N4CCN5CCCC5C4)cc3F)cc2o1. The normalized spacial score (nSPS) is 19.3. The van der Waals surface area contributed by atoms with Gasteiger partial charge < -0.3 is 14.6 Å². The minimum absolute atomic E-state index is 0.0903. The van der Waals surface area contributed by atoms with Gasteiger partial charge in [0.1, 0.15) is 11.3 Å². The van der Waals surface area contributed by atoms with Gasteiger partial charge in [0.05, 0.1) is 5.56 Å². The molecule has 0 radical (unpaired) electrons. The van der Waals surface area contributed by atoms with Gasteiger partial charge >= 0.3 is 0 Å². The summed E-state index contributed by atoms with van der Waals surface area (Å²) in [5.74, 6) is -1.53. The Balaban J connectivity index is 1.33. The Hall–Kier alpha value is -3.00. The average molecular weight is 412 g/mol. The van der Waals surface area contributed by atoms with Crippen molar-refractivity contribution in [2.75, 3.05) is 36.4 Å². The molecule has 156 valence electrons. The van der Waals surface area contributed by atoms with E-state index in [1.54, 1.807) is 13.0 Å². The Kier molecular flexibility index (Phi) is 4.66. The number of hydrogen-bond acceptors (Lipinski definition) is 5. The number of anilines is 2. The van der Waals surface area contributed by atoms with Crippen LogP contribution >= 0.6 is 0 Å². The summed E-state index contributed by atoms with van der Waals surface area (Å²) in [6, 6.07) is 7.80. The standard InChI is InChI=1S/C22H22F2N4O2/c1-13-25-21-19(24)9-14(10-20(21)30-13)26-22(29)17-5-4-15(11-18(17)23)28-8-7-27-6-2-3-16(27)12-28/h4-5,9-11,16H,2-3,6-8,12H2,1H3,(H,26,29). The lowest BCUT2D eigenvalue weighted by Gasteiger charge is -2.38. The highest BCUT2D eigenvalue weighted by atomic mass is 19.1. The molecule has 6 nitrogen and oxygen atoms in total. The molecule has 30 heavy (non-hydrogen) atoms. The third kappa shape index (κ3) is 3.41. The van der Waals surface area contributed by atoms with Crippen LogP contribution in [0.4, 0.5) is 20.2 Å². The first-order valence-electron chi connectivity index (χ1n) is 10.1. The Labute approximate surface area is 172 Å². The van der Waals surface area contributed by atoms with Crippen LogP contribution in [-0.4, -0.2) is 48.0 Å². The van der Waals surface area contributed by atoms with E-state index in [4.69, 9.17) is 4.42 Å². The summed E-state index contributed by atoms with van der Waals surface area (Å²) in [7, 11) is 0. The van der Waals surface area contributed by atoms with Crippen LogP contribution in [0.15, 0.2) is 34.7 Å². The average Bonchev–Trinajstić information content (AvgIpc) is 3.33. The third-order valence-corrected chi connectivity index (χ3v) is 5.96. The minimum atomic E-state index is -0.644. The predicted molar refractivity (Wildman–Crippen MR) is 110 cm³/mol. The minimum Gasteiger partial charge on any atom is -0.441 e. The first-order chi connectivity index (χ1) is 14.5. The largest absolute Gasteiger partial charge is 0.441 e. The van der Waals surface area contributed by atoms with E-state index in [2.05, 4.69) is 20.1 Å². The van der Waals surface area contributed by atoms with Gasteiger partial charge in [-0.3, -0.25) is 9.69 Å². The molecule has 1 amide bonds. The summed E-state index contributed by atoms with van der Waals surface area (Å²) in [5, 5.41) is 2.54. The van der Waals surface area contributed by atoms with E-state index < -0.39 is 17.5 Å². The lowest BCUT2D eigenvalue weighted by atomic mass is 10.1. The second-order valence-electron chi connectivity index (χ2n) is 7.93. The molecule has 0 bridgehead atoms. The number of fused-ring (bicyclic) bond motifs is 2. The molecule has 5 rings (SSSR count). The van der Waals surface area contributed by atoms with Crippen LogP contribution in [-0.2, 0) is 0 Å². The number of rotatable bonds is 3. The van der Waals surface area contributed by atoms with Gasteiger partial charge in [0.15, 0.2) is 17.3 Å². The summed E-state index contributed by atoms with van der Waals surface area (Å²) in [4.78, 5) is 21.2. The lowest BCUT2D eigenvalue weighted by Crippen LogP contribution is -2.50. The summed E-state index contributed by atoms with van der Waals surface area (Å²) in [6.45, 7) is 5.45. The number of halogens is 2. The molecule has 0 aliphatic carbocycles. The molecule has 8 heteroatoms. The van der Waals surface area contributed by atoms with Crippen molar-refractivity contribution < 1.29 is 18.0 Å². The van der Waals surface area contributed by atoms with Crippen molar-refractivity contribution in [3.63, 3.8) is 0 Å².